The largest absolute Gasteiger partial charge is 0.354 e. The van der Waals surface area contributed by atoms with Crippen molar-refractivity contribution in [2.75, 3.05) is 20.6 Å². The first kappa shape index (κ1) is 16.2. The number of aromatic nitrogens is 1. The zero-order valence-corrected chi connectivity index (χ0v) is 13.2. The number of nitrogens with one attached hydrogen (secondary N) is 1. The van der Waals surface area contributed by atoms with E-state index >= 15 is 0 Å². The predicted molar refractivity (Wildman–Crippen MR) is 88.4 cm³/mol. The van der Waals surface area contributed by atoms with Crippen LogP contribution in [0.4, 0.5) is 0 Å². The lowest BCUT2D eigenvalue weighted by atomic mass is 10.1. The van der Waals surface area contributed by atoms with E-state index in [0.29, 0.717) is 13.0 Å². The number of benzene rings is 1. The summed E-state index contributed by atoms with van der Waals surface area (Å²) in [5.74, 6) is 0.0756. The van der Waals surface area contributed by atoms with E-state index in [4.69, 9.17) is 0 Å². The molecule has 0 aliphatic rings. The van der Waals surface area contributed by atoms with Crippen LogP contribution in [0.25, 0.3) is 0 Å². The highest BCUT2D eigenvalue weighted by Crippen LogP contribution is 2.16. The summed E-state index contributed by atoms with van der Waals surface area (Å²) in [5.41, 5.74) is 2.30. The van der Waals surface area contributed by atoms with E-state index < -0.39 is 0 Å². The summed E-state index contributed by atoms with van der Waals surface area (Å²) in [6, 6.07) is 14.3. The summed E-state index contributed by atoms with van der Waals surface area (Å²) in [4.78, 5) is 18.2. The molecule has 1 amide bonds. The fraction of sp³-hybridized carbons (Fsp3) is 0.333. The maximum atomic E-state index is 12.0. The van der Waals surface area contributed by atoms with Crippen LogP contribution in [0.3, 0.4) is 0 Å². The van der Waals surface area contributed by atoms with Crippen molar-refractivity contribution in [2.45, 2.75) is 18.9 Å². The third-order valence-electron chi connectivity index (χ3n) is 3.66. The molecule has 0 spiro atoms. The second kappa shape index (κ2) is 8.29. The number of carbonyl (C=O) groups is 1. The van der Waals surface area contributed by atoms with Crippen LogP contribution in [0.1, 0.15) is 23.6 Å². The van der Waals surface area contributed by atoms with Gasteiger partial charge in [0.1, 0.15) is 0 Å². The van der Waals surface area contributed by atoms with Crippen molar-refractivity contribution in [3.63, 3.8) is 0 Å². The Morgan fingerprint density at radius 1 is 1.18 bits per heavy atom. The minimum Gasteiger partial charge on any atom is -0.354 e. The van der Waals surface area contributed by atoms with Gasteiger partial charge in [0.15, 0.2) is 0 Å². The Labute approximate surface area is 132 Å². The summed E-state index contributed by atoms with van der Waals surface area (Å²) in [6.45, 7) is 0.614. The van der Waals surface area contributed by atoms with Gasteiger partial charge in [0, 0.05) is 25.4 Å². The highest BCUT2D eigenvalue weighted by molar-refractivity contribution is 5.76. The molecule has 0 unspecified atom stereocenters. The van der Waals surface area contributed by atoms with E-state index in [1.165, 1.54) is 5.56 Å². The van der Waals surface area contributed by atoms with Crippen molar-refractivity contribution < 1.29 is 4.79 Å². The van der Waals surface area contributed by atoms with Gasteiger partial charge in [0.05, 0.1) is 6.04 Å². The average molecular weight is 297 g/mol. The topological polar surface area (TPSA) is 45.2 Å². The molecule has 0 aliphatic heterocycles. The summed E-state index contributed by atoms with van der Waals surface area (Å²) in [7, 11) is 4.05. The zero-order chi connectivity index (χ0) is 15.8. The van der Waals surface area contributed by atoms with Gasteiger partial charge in [-0.1, -0.05) is 36.4 Å². The molecule has 0 saturated heterocycles. The second-order valence-corrected chi connectivity index (χ2v) is 5.56. The van der Waals surface area contributed by atoms with Gasteiger partial charge < -0.3 is 10.2 Å². The van der Waals surface area contributed by atoms with Crippen LogP contribution in [-0.2, 0) is 11.2 Å². The Balaban J connectivity index is 1.83. The zero-order valence-electron chi connectivity index (χ0n) is 13.2. The highest BCUT2D eigenvalue weighted by atomic mass is 16.1. The maximum Gasteiger partial charge on any atom is 0.220 e. The van der Waals surface area contributed by atoms with Crippen LogP contribution in [-0.4, -0.2) is 36.4 Å². The molecule has 0 saturated carbocycles. The van der Waals surface area contributed by atoms with Crippen molar-refractivity contribution in [1.29, 1.82) is 0 Å². The van der Waals surface area contributed by atoms with E-state index in [-0.39, 0.29) is 11.9 Å². The minimum atomic E-state index is 0.0756. The summed E-state index contributed by atoms with van der Waals surface area (Å²) in [6.07, 6.45) is 4.75. The smallest absolute Gasteiger partial charge is 0.220 e. The number of rotatable bonds is 7. The number of hydrogen-bond donors (Lipinski definition) is 1. The van der Waals surface area contributed by atoms with E-state index in [2.05, 4.69) is 27.3 Å². The van der Waals surface area contributed by atoms with E-state index in [9.17, 15) is 4.79 Å². The van der Waals surface area contributed by atoms with E-state index in [0.717, 1.165) is 12.0 Å². The molecule has 1 heterocycles. The van der Waals surface area contributed by atoms with Gasteiger partial charge in [0.25, 0.3) is 0 Å². The van der Waals surface area contributed by atoms with E-state index in [1.54, 1.807) is 12.4 Å². The molecule has 22 heavy (non-hydrogen) atoms. The Kier molecular flexibility index (Phi) is 6.10. The molecule has 116 valence electrons. The fourth-order valence-corrected chi connectivity index (χ4v) is 2.38. The summed E-state index contributed by atoms with van der Waals surface area (Å²) < 4.78 is 0. The summed E-state index contributed by atoms with van der Waals surface area (Å²) in [5, 5.41) is 3.03. The van der Waals surface area contributed by atoms with Gasteiger partial charge in [-0.05, 0) is 37.7 Å². The number of pyridine rings is 1. The van der Waals surface area contributed by atoms with Gasteiger partial charge in [0.2, 0.25) is 5.91 Å². The molecule has 0 radical (unpaired) electrons. The number of hydrogen-bond acceptors (Lipinski definition) is 3. The molecule has 0 fully saturated rings. The normalized spacial score (nSPS) is 12.1. The lowest BCUT2D eigenvalue weighted by Gasteiger charge is -2.25. The predicted octanol–water partition coefficient (Wildman–Crippen LogP) is 2.43. The van der Waals surface area contributed by atoms with Gasteiger partial charge in [-0.15, -0.1) is 0 Å². The van der Waals surface area contributed by atoms with Crippen molar-refractivity contribution in [3.05, 3.63) is 66.0 Å². The molecular formula is C18H23N3O. The quantitative estimate of drug-likeness (QED) is 0.854. The molecule has 4 nitrogen and oxygen atoms in total. The molecule has 2 rings (SSSR count). The average Bonchev–Trinajstić information content (AvgIpc) is 2.55. The SMILES string of the molecule is CN(C)[C@H](CNC(=O)CCc1cccnc1)c1ccccc1. The van der Waals surface area contributed by atoms with E-state index in [1.807, 2.05) is 44.4 Å². The van der Waals surface area contributed by atoms with Crippen LogP contribution in [0.2, 0.25) is 0 Å². The molecule has 1 atom stereocenters. The first-order valence-electron chi connectivity index (χ1n) is 7.54. The highest BCUT2D eigenvalue weighted by Gasteiger charge is 2.14. The Hall–Kier alpha value is -2.20. The van der Waals surface area contributed by atoms with Gasteiger partial charge in [-0.25, -0.2) is 0 Å². The molecule has 4 heteroatoms. The van der Waals surface area contributed by atoms with Crippen LogP contribution in [0.15, 0.2) is 54.9 Å². The third kappa shape index (κ3) is 4.97. The van der Waals surface area contributed by atoms with Gasteiger partial charge in [-0.2, -0.15) is 0 Å². The lowest BCUT2D eigenvalue weighted by molar-refractivity contribution is -0.121. The molecule has 0 bridgehead atoms. The van der Waals surface area contributed by atoms with Crippen LogP contribution < -0.4 is 5.32 Å². The van der Waals surface area contributed by atoms with Crippen molar-refractivity contribution in [2.24, 2.45) is 0 Å². The molecule has 2 aromatic rings. The Morgan fingerprint density at radius 3 is 2.59 bits per heavy atom. The first-order chi connectivity index (χ1) is 10.7. The number of carbonyl (C=O) groups excluding carboxylic acids is 1. The first-order valence-corrected chi connectivity index (χ1v) is 7.54. The number of nitrogens with zero attached hydrogens (tertiary/aromatic N) is 2. The van der Waals surface area contributed by atoms with Gasteiger partial charge in [-0.3, -0.25) is 9.78 Å². The minimum absolute atomic E-state index is 0.0756. The number of likely N-dealkylation sites (N-methyl/N-ethyl adjacent to an activating group) is 1. The molecule has 1 aromatic heterocycles. The van der Waals surface area contributed by atoms with Crippen molar-refractivity contribution in [1.82, 2.24) is 15.2 Å². The second-order valence-electron chi connectivity index (χ2n) is 5.56. The fourth-order valence-electron chi connectivity index (χ4n) is 2.38. The Morgan fingerprint density at radius 2 is 1.95 bits per heavy atom. The molecule has 1 N–H and O–H groups in total. The Bertz CT molecular complexity index is 569. The van der Waals surface area contributed by atoms with Crippen LogP contribution in [0, 0.1) is 0 Å². The van der Waals surface area contributed by atoms with Crippen LogP contribution >= 0.6 is 0 Å². The number of amides is 1. The van der Waals surface area contributed by atoms with Crippen LogP contribution in [0.5, 0.6) is 0 Å². The molecule has 0 aliphatic carbocycles. The number of aryl methyl sites for hydroxylation is 1. The standard InChI is InChI=1S/C18H23N3O/c1-21(2)17(16-8-4-3-5-9-16)14-20-18(22)11-10-15-7-6-12-19-13-15/h3-9,12-13,17H,10-11,14H2,1-2H3,(H,20,22)/t17-/m1/s1. The third-order valence-corrected chi connectivity index (χ3v) is 3.66. The van der Waals surface area contributed by atoms with Crippen molar-refractivity contribution >= 4 is 5.91 Å². The molecule has 1 aromatic carbocycles. The maximum absolute atomic E-state index is 12.0. The molecular weight excluding hydrogens is 274 g/mol. The van der Waals surface area contributed by atoms with Crippen molar-refractivity contribution in [3.8, 4) is 0 Å². The summed E-state index contributed by atoms with van der Waals surface area (Å²) >= 11 is 0. The van der Waals surface area contributed by atoms with Gasteiger partial charge >= 0.3 is 0 Å². The lowest BCUT2D eigenvalue weighted by Crippen LogP contribution is -2.34. The monoisotopic (exact) mass is 297 g/mol.